The molecule has 29 heavy (non-hydrogen) atoms. The Morgan fingerprint density at radius 3 is 0.966 bits per heavy atom. The predicted molar refractivity (Wildman–Crippen MR) is 74.2 cm³/mol. The van der Waals surface area contributed by atoms with Crippen LogP contribution in [-0.4, -0.2) is 21.4 Å². The number of hydrogen-bond acceptors (Lipinski definition) is 14. The average molecular weight is 654 g/mol. The van der Waals surface area contributed by atoms with Crippen molar-refractivity contribution in [3.8, 4) is 0 Å². The molecule has 0 amide bonds. The maximum Gasteiger partial charge on any atom is 2.00 e. The summed E-state index contributed by atoms with van der Waals surface area (Å²) >= 11 is 0. The molecule has 0 aromatic heterocycles. The average Bonchev–Trinajstić information content (AvgIpc) is 2.32. The van der Waals surface area contributed by atoms with Crippen LogP contribution in [0.25, 0.3) is 0 Å². The van der Waals surface area contributed by atoms with Crippen LogP contribution >= 0.6 is 30.4 Å². The molecule has 0 fully saturated rings. The largest absolute Gasteiger partial charge is 2.00 e. The summed E-state index contributed by atoms with van der Waals surface area (Å²) < 4.78 is 49.4. The fourth-order valence-electron chi connectivity index (χ4n) is 0.875. The maximum absolute atomic E-state index is 10.7. The van der Waals surface area contributed by atoms with Crippen molar-refractivity contribution in [1.29, 1.82) is 0 Å². The monoisotopic (exact) mass is 650 g/mol. The van der Waals surface area contributed by atoms with Crippen LogP contribution in [0.4, 0.5) is 0 Å². The molecule has 0 aliphatic rings. The van der Waals surface area contributed by atoms with E-state index in [4.69, 9.17) is 10.2 Å². The smallest absolute Gasteiger partial charge is 0.809 e. The van der Waals surface area contributed by atoms with Crippen molar-refractivity contribution in [3.05, 3.63) is 24.7 Å². The van der Waals surface area contributed by atoms with Gasteiger partial charge in [-0.2, -0.15) is 0 Å². The normalized spacial score (nSPS) is 16.9. The van der Waals surface area contributed by atoms with E-state index >= 15 is 0 Å². The van der Waals surface area contributed by atoms with E-state index in [1.165, 1.54) is 0 Å². The van der Waals surface area contributed by atoms with Crippen molar-refractivity contribution in [3.63, 3.8) is 0 Å². The van der Waals surface area contributed by atoms with Gasteiger partial charge in [-0.1, -0.05) is 13.2 Å². The minimum Gasteiger partial charge on any atom is -0.809 e. The second-order valence-corrected chi connectivity index (χ2v) is 11.9. The summed E-state index contributed by atoms with van der Waals surface area (Å²) in [6.07, 6.45) is 0. The Morgan fingerprint density at radius 2 is 0.862 bits per heavy atom. The first-order chi connectivity index (χ1) is 11.1. The third kappa shape index (κ3) is 17.7. The molecular weight excluding hydrogens is 640 g/mol. The van der Waals surface area contributed by atoms with Crippen molar-refractivity contribution in [2.45, 2.75) is 25.0 Å². The Labute approximate surface area is 204 Å². The van der Waals surface area contributed by atoms with Gasteiger partial charge in [-0.15, -0.1) is 0 Å². The Balaban J connectivity index is -0.000000120. The van der Waals surface area contributed by atoms with Gasteiger partial charge in [-0.25, -0.2) is 0 Å². The molecule has 2 N–H and O–H groups in total. The van der Waals surface area contributed by atoms with Gasteiger partial charge in [0.05, 0.1) is 11.5 Å². The maximum atomic E-state index is 10.7. The van der Waals surface area contributed by atoms with Crippen LogP contribution in [0.5, 0.6) is 0 Å². The molecule has 0 saturated carbocycles. The zero-order valence-electron chi connectivity index (χ0n) is 15.3. The Kier molecular flexibility index (Phi) is 21.7. The van der Waals surface area contributed by atoms with E-state index in [0.717, 1.165) is 13.8 Å². The third-order valence-electron chi connectivity index (χ3n) is 1.70. The molecule has 0 rings (SSSR count). The molecule has 4 atom stereocenters. The Bertz CT molecular complexity index is 656. The SMILES string of the molecule is C=C(C)OP(=O)([O-])C(O)P(=O)([O-])[O-].C=C(C)OP(=O)([O-])C(O)P(=O)([O-])[O-].[Zn+2].[Zn+2].[Zn+2]. The van der Waals surface area contributed by atoms with Gasteiger partial charge in [0.1, 0.15) is 0 Å². The van der Waals surface area contributed by atoms with Crippen LogP contribution in [-0.2, 0) is 85.7 Å². The quantitative estimate of drug-likeness (QED) is 0.147. The van der Waals surface area contributed by atoms with E-state index in [2.05, 4.69) is 22.2 Å². The van der Waals surface area contributed by atoms with Gasteiger partial charge in [-0.3, -0.25) is 9.13 Å². The molecule has 0 spiro atoms. The van der Waals surface area contributed by atoms with Gasteiger partial charge in [0, 0.05) is 0 Å². The second-order valence-electron chi connectivity index (χ2n) is 4.44. The summed E-state index contributed by atoms with van der Waals surface area (Å²) in [5.41, 5.74) is -6.15. The fourth-order valence-corrected chi connectivity index (χ4v) is 4.99. The molecule has 21 heteroatoms. The first-order valence-corrected chi connectivity index (χ1v) is 12.3. The summed E-state index contributed by atoms with van der Waals surface area (Å²) in [6, 6.07) is 0. The first kappa shape index (κ1) is 40.9. The summed E-state index contributed by atoms with van der Waals surface area (Å²) in [5.74, 6) is -0.684. The van der Waals surface area contributed by atoms with Gasteiger partial charge >= 0.3 is 58.4 Å². The Morgan fingerprint density at radius 1 is 0.690 bits per heavy atom. The topological polar surface area (TPSA) is 266 Å². The minimum absolute atomic E-state index is 0. The number of aliphatic hydroxyl groups excluding tert-OH is 2. The molecule has 0 saturated heterocycles. The molecule has 14 nitrogen and oxygen atoms in total. The molecule has 156 valence electrons. The molecule has 0 aromatic carbocycles. The van der Waals surface area contributed by atoms with E-state index in [1.54, 1.807) is 0 Å². The van der Waals surface area contributed by atoms with Gasteiger partial charge in [-0.05, 0) is 29.0 Å². The molecule has 0 heterocycles. The molecular formula is C8H14O14P4Zn3. The number of allylic oxidation sites excluding steroid dienone is 2. The summed E-state index contributed by atoms with van der Waals surface area (Å²) in [7, 11) is -21.5. The van der Waals surface area contributed by atoms with Crippen LogP contribution in [0, 0.1) is 0 Å². The van der Waals surface area contributed by atoms with Crippen molar-refractivity contribution >= 4 is 30.4 Å². The van der Waals surface area contributed by atoms with Crippen LogP contribution in [0.2, 0.25) is 0 Å². The number of hydrogen-bond donors (Lipinski definition) is 2. The fraction of sp³-hybridized carbons (Fsp3) is 0.500. The summed E-state index contributed by atoms with van der Waals surface area (Å²) in [6.45, 7) is 8.26. The van der Waals surface area contributed by atoms with Gasteiger partial charge in [0.2, 0.25) is 15.2 Å². The van der Waals surface area contributed by atoms with Crippen molar-refractivity contribution in [2.24, 2.45) is 0 Å². The second kappa shape index (κ2) is 15.4. The zero-order valence-corrected chi connectivity index (χ0v) is 27.8. The molecule has 0 aromatic rings. The molecule has 0 bridgehead atoms. The molecule has 0 aliphatic carbocycles. The van der Waals surface area contributed by atoms with Crippen molar-refractivity contribution in [2.75, 3.05) is 0 Å². The predicted octanol–water partition coefficient (Wildman–Crippen LogP) is -3.45. The third-order valence-corrected chi connectivity index (χ3v) is 8.49. The van der Waals surface area contributed by atoms with Crippen LogP contribution in [0.1, 0.15) is 13.8 Å². The number of rotatable bonds is 8. The van der Waals surface area contributed by atoms with Crippen molar-refractivity contribution in [1.82, 2.24) is 0 Å². The van der Waals surface area contributed by atoms with Gasteiger partial charge in [0.15, 0.2) is 11.2 Å². The van der Waals surface area contributed by atoms with Gasteiger partial charge in [0.25, 0.3) is 0 Å². The van der Waals surface area contributed by atoms with Crippen LogP contribution in [0.15, 0.2) is 24.7 Å². The van der Waals surface area contributed by atoms with E-state index < -0.39 is 41.6 Å². The van der Waals surface area contributed by atoms with Crippen LogP contribution in [0.3, 0.4) is 0 Å². The van der Waals surface area contributed by atoms with E-state index in [1.807, 2.05) is 0 Å². The first-order valence-electron chi connectivity index (χ1n) is 5.86. The van der Waals surface area contributed by atoms with Gasteiger partial charge < -0.3 is 57.8 Å². The number of aliphatic hydroxyl groups is 2. The zero-order chi connectivity index (χ0) is 21.7. The molecule has 4 unspecified atom stereocenters. The minimum atomic E-state index is -5.62. The Hall–Kier alpha value is 1.55. The van der Waals surface area contributed by atoms with E-state index in [0.29, 0.717) is 0 Å². The van der Waals surface area contributed by atoms with E-state index in [-0.39, 0.29) is 70.0 Å². The molecule has 0 radical (unpaired) electrons. The van der Waals surface area contributed by atoms with Crippen molar-refractivity contribution < 1.29 is 125 Å². The summed E-state index contributed by atoms with van der Waals surface area (Å²) in [4.78, 5) is 61.8. The van der Waals surface area contributed by atoms with Crippen LogP contribution < -0.4 is 29.4 Å². The molecule has 0 aliphatic heterocycles. The summed E-state index contributed by atoms with van der Waals surface area (Å²) in [5, 5.41) is 17.1. The standard InChI is InChI=1S/2C4H10O7P2.3Zn/c2*1-3(2)11-13(9,10)4(5)12(6,7)8;;;/h2*4-5H,1H2,2H3,(H,9,10)(H2,6,7,8);;;/q;;3*+2/p-6. The van der Waals surface area contributed by atoms with E-state index in [9.17, 15) is 47.6 Å².